The van der Waals surface area contributed by atoms with Crippen LogP contribution in [-0.4, -0.2) is 4.98 Å². The van der Waals surface area contributed by atoms with Gasteiger partial charge in [-0.25, -0.2) is 0 Å². The van der Waals surface area contributed by atoms with Crippen molar-refractivity contribution in [3.63, 3.8) is 0 Å². The lowest BCUT2D eigenvalue weighted by Gasteiger charge is -2.20. The fourth-order valence-electron chi connectivity index (χ4n) is 2.11. The molecule has 0 saturated heterocycles. The van der Waals surface area contributed by atoms with Crippen LogP contribution in [0.4, 0.5) is 0 Å². The molecule has 106 valence electrons. The van der Waals surface area contributed by atoms with Crippen molar-refractivity contribution in [1.82, 2.24) is 4.98 Å². The van der Waals surface area contributed by atoms with E-state index in [1.165, 1.54) is 11.1 Å². The molecule has 0 aliphatic rings. The molecule has 0 bridgehead atoms. The number of aryl methyl sites for hydroxylation is 1. The van der Waals surface area contributed by atoms with Crippen molar-refractivity contribution in [2.45, 2.75) is 44.9 Å². The molecule has 1 aromatic carbocycles. The van der Waals surface area contributed by atoms with E-state index in [1.807, 2.05) is 19.2 Å². The minimum absolute atomic E-state index is 0.0285. The molecule has 20 heavy (non-hydrogen) atoms. The van der Waals surface area contributed by atoms with E-state index in [1.54, 1.807) is 0 Å². The summed E-state index contributed by atoms with van der Waals surface area (Å²) in [4.78, 5) is 4.42. The van der Waals surface area contributed by atoms with Crippen LogP contribution >= 0.6 is 11.6 Å². The summed E-state index contributed by atoms with van der Waals surface area (Å²) in [5.41, 5.74) is 4.88. The number of pyridine rings is 1. The maximum atomic E-state index is 6.51. The van der Waals surface area contributed by atoms with Crippen molar-refractivity contribution in [3.8, 4) is 0 Å². The number of aromatic nitrogens is 1. The highest BCUT2D eigenvalue weighted by molar-refractivity contribution is 6.20. The van der Waals surface area contributed by atoms with E-state index in [0.717, 1.165) is 17.7 Å². The smallest absolute Gasteiger partial charge is 0.0640 e. The van der Waals surface area contributed by atoms with Gasteiger partial charge >= 0.3 is 0 Å². The molecule has 1 aromatic heterocycles. The van der Waals surface area contributed by atoms with Crippen LogP contribution in [0.15, 0.2) is 42.6 Å². The number of hydrogen-bond donors (Lipinski definition) is 0. The van der Waals surface area contributed by atoms with E-state index in [0.29, 0.717) is 0 Å². The predicted molar refractivity (Wildman–Crippen MR) is 86.4 cm³/mol. The Morgan fingerprint density at radius 1 is 1.05 bits per heavy atom. The summed E-state index contributed by atoms with van der Waals surface area (Å²) >= 11 is 6.51. The van der Waals surface area contributed by atoms with Crippen LogP contribution in [0.2, 0.25) is 0 Å². The van der Waals surface area contributed by atoms with Crippen molar-refractivity contribution in [3.05, 3.63) is 65.0 Å². The molecule has 0 amide bonds. The Labute approximate surface area is 127 Å². The van der Waals surface area contributed by atoms with Crippen molar-refractivity contribution >= 4 is 11.6 Å². The van der Waals surface area contributed by atoms with Gasteiger partial charge in [0.25, 0.3) is 0 Å². The topological polar surface area (TPSA) is 12.9 Å². The van der Waals surface area contributed by atoms with Gasteiger partial charge in [-0.1, -0.05) is 51.1 Å². The highest BCUT2D eigenvalue weighted by atomic mass is 35.5. The van der Waals surface area contributed by atoms with Gasteiger partial charge in [-0.2, -0.15) is 0 Å². The van der Waals surface area contributed by atoms with Crippen molar-refractivity contribution < 1.29 is 0 Å². The van der Waals surface area contributed by atoms with Gasteiger partial charge in [0.2, 0.25) is 0 Å². The zero-order valence-corrected chi connectivity index (χ0v) is 13.4. The second-order valence-electron chi connectivity index (χ2n) is 6.37. The van der Waals surface area contributed by atoms with E-state index in [2.05, 4.69) is 56.1 Å². The van der Waals surface area contributed by atoms with Crippen molar-refractivity contribution in [2.75, 3.05) is 0 Å². The lowest BCUT2D eigenvalue weighted by Crippen LogP contribution is -2.11. The molecule has 1 atom stereocenters. The monoisotopic (exact) mass is 287 g/mol. The first-order valence-electron chi connectivity index (χ1n) is 7.02. The van der Waals surface area contributed by atoms with Crippen LogP contribution in [0.3, 0.4) is 0 Å². The van der Waals surface area contributed by atoms with E-state index >= 15 is 0 Å². The summed E-state index contributed by atoms with van der Waals surface area (Å²) in [5, 5.41) is -0.0285. The lowest BCUT2D eigenvalue weighted by atomic mass is 9.86. The highest BCUT2D eigenvalue weighted by Gasteiger charge is 2.15. The molecule has 0 radical (unpaired) electrons. The summed E-state index contributed by atoms with van der Waals surface area (Å²) in [7, 11) is 0. The van der Waals surface area contributed by atoms with Gasteiger partial charge in [-0.05, 0) is 35.1 Å². The van der Waals surface area contributed by atoms with Crippen LogP contribution in [-0.2, 0) is 11.8 Å². The van der Waals surface area contributed by atoms with Gasteiger partial charge in [-0.15, -0.1) is 11.6 Å². The quantitative estimate of drug-likeness (QED) is 0.706. The molecule has 2 rings (SSSR count). The first kappa shape index (κ1) is 15.1. The van der Waals surface area contributed by atoms with E-state index < -0.39 is 0 Å². The predicted octanol–water partition coefficient (Wildman–Crippen LogP) is 5.21. The number of nitrogens with zero attached hydrogens (tertiary/aromatic N) is 1. The summed E-state index contributed by atoms with van der Waals surface area (Å²) in [6.07, 6.45) is 2.65. The minimum atomic E-state index is -0.0285. The van der Waals surface area contributed by atoms with Crippen molar-refractivity contribution in [1.29, 1.82) is 0 Å². The van der Waals surface area contributed by atoms with Crippen molar-refractivity contribution in [2.24, 2.45) is 0 Å². The molecule has 0 aliphatic carbocycles. The maximum Gasteiger partial charge on any atom is 0.0640 e. The number of rotatable bonds is 3. The average Bonchev–Trinajstić information content (AvgIpc) is 2.40. The Hall–Kier alpha value is -1.34. The third-order valence-electron chi connectivity index (χ3n) is 3.50. The summed E-state index contributed by atoms with van der Waals surface area (Å²) in [6, 6.07) is 12.7. The second kappa shape index (κ2) is 5.97. The standard InChI is InChI=1S/C18H22ClN/c1-13-5-10-16(20-12-13)11-17(19)14-6-8-15(9-7-14)18(2,3)4/h5-10,12,17H,11H2,1-4H3. The molecule has 2 aromatic rings. The van der Waals surface area contributed by atoms with Crippen LogP contribution in [0.25, 0.3) is 0 Å². The third-order valence-corrected chi connectivity index (χ3v) is 3.91. The van der Waals surface area contributed by atoms with E-state index in [-0.39, 0.29) is 10.8 Å². The SMILES string of the molecule is Cc1ccc(CC(Cl)c2ccc(C(C)(C)C)cc2)nc1. The van der Waals surface area contributed by atoms with Gasteiger partial charge in [0.15, 0.2) is 0 Å². The zero-order valence-electron chi connectivity index (χ0n) is 12.7. The molecule has 0 N–H and O–H groups in total. The van der Waals surface area contributed by atoms with E-state index in [4.69, 9.17) is 11.6 Å². The Kier molecular flexibility index (Phi) is 4.49. The molecule has 1 heterocycles. The van der Waals surface area contributed by atoms with Gasteiger partial charge in [0, 0.05) is 18.3 Å². The van der Waals surface area contributed by atoms with Gasteiger partial charge < -0.3 is 0 Å². The largest absolute Gasteiger partial charge is 0.261 e. The Bertz CT molecular complexity index is 549. The summed E-state index contributed by atoms with van der Waals surface area (Å²) in [5.74, 6) is 0. The number of hydrogen-bond acceptors (Lipinski definition) is 1. The third kappa shape index (κ3) is 3.83. The minimum Gasteiger partial charge on any atom is -0.261 e. The molecule has 0 spiro atoms. The van der Waals surface area contributed by atoms with Gasteiger partial charge in [-0.3, -0.25) is 4.98 Å². The molecular formula is C18H22ClN. The average molecular weight is 288 g/mol. The Morgan fingerprint density at radius 2 is 1.70 bits per heavy atom. The van der Waals surface area contributed by atoms with E-state index in [9.17, 15) is 0 Å². The van der Waals surface area contributed by atoms with Crippen LogP contribution in [0.1, 0.15) is 48.5 Å². The molecule has 0 aliphatic heterocycles. The van der Waals surface area contributed by atoms with Crippen LogP contribution in [0.5, 0.6) is 0 Å². The Balaban J connectivity index is 2.09. The molecule has 1 nitrogen and oxygen atoms in total. The molecule has 2 heteroatoms. The molecule has 0 fully saturated rings. The normalized spacial score (nSPS) is 13.2. The number of benzene rings is 1. The summed E-state index contributed by atoms with van der Waals surface area (Å²) in [6.45, 7) is 8.70. The molecule has 1 unspecified atom stereocenters. The number of alkyl halides is 1. The number of halogens is 1. The lowest BCUT2D eigenvalue weighted by molar-refractivity contribution is 0.590. The first-order valence-corrected chi connectivity index (χ1v) is 7.46. The first-order chi connectivity index (χ1) is 9.36. The fourth-order valence-corrected chi connectivity index (χ4v) is 2.42. The summed E-state index contributed by atoms with van der Waals surface area (Å²) < 4.78 is 0. The van der Waals surface area contributed by atoms with Crippen LogP contribution in [0, 0.1) is 6.92 Å². The van der Waals surface area contributed by atoms with Gasteiger partial charge in [0.05, 0.1) is 5.38 Å². The second-order valence-corrected chi connectivity index (χ2v) is 6.90. The Morgan fingerprint density at radius 3 is 2.20 bits per heavy atom. The molecule has 0 saturated carbocycles. The van der Waals surface area contributed by atoms with Gasteiger partial charge in [0.1, 0.15) is 0 Å². The van der Waals surface area contributed by atoms with Crippen LogP contribution < -0.4 is 0 Å². The maximum absolute atomic E-state index is 6.51. The fraction of sp³-hybridized carbons (Fsp3) is 0.389. The highest BCUT2D eigenvalue weighted by Crippen LogP contribution is 2.28. The molecular weight excluding hydrogens is 266 g/mol. The zero-order chi connectivity index (χ0) is 14.8.